The summed E-state index contributed by atoms with van der Waals surface area (Å²) in [5, 5.41) is 11.8. The highest BCUT2D eigenvalue weighted by Gasteiger charge is 2.27. The predicted octanol–water partition coefficient (Wildman–Crippen LogP) is 0.844. The third-order valence-electron chi connectivity index (χ3n) is 3.51. The van der Waals surface area contributed by atoms with Crippen LogP contribution >= 0.6 is 0 Å². The molecular weight excluding hydrogens is 256 g/mol. The Kier molecular flexibility index (Phi) is 6.48. The van der Waals surface area contributed by atoms with Gasteiger partial charge >= 0.3 is 0 Å². The van der Waals surface area contributed by atoms with Gasteiger partial charge in [0.2, 0.25) is 5.91 Å². The van der Waals surface area contributed by atoms with Crippen LogP contribution in [0.3, 0.4) is 0 Å². The van der Waals surface area contributed by atoms with Crippen LogP contribution < -0.4 is 15.8 Å². The summed E-state index contributed by atoms with van der Waals surface area (Å²) >= 11 is 0. The van der Waals surface area contributed by atoms with Gasteiger partial charge in [0.15, 0.2) is 0 Å². The second-order valence-corrected chi connectivity index (χ2v) is 5.02. The molecule has 1 aromatic rings. The minimum Gasteiger partial charge on any atom is -0.494 e. The van der Waals surface area contributed by atoms with Gasteiger partial charge in [0, 0.05) is 6.61 Å². The highest BCUT2D eigenvalue weighted by atomic mass is 16.5. The van der Waals surface area contributed by atoms with E-state index in [1.165, 1.54) is 0 Å². The van der Waals surface area contributed by atoms with Gasteiger partial charge in [-0.25, -0.2) is 0 Å². The monoisotopic (exact) mass is 280 g/mol. The summed E-state index contributed by atoms with van der Waals surface area (Å²) in [5.41, 5.74) is 5.75. The summed E-state index contributed by atoms with van der Waals surface area (Å²) < 4.78 is 5.62. The number of amides is 1. The first-order valence-corrected chi connectivity index (χ1v) is 6.83. The summed E-state index contributed by atoms with van der Waals surface area (Å²) in [6.45, 7) is 2.47. The molecule has 0 aromatic heterocycles. The molecule has 0 heterocycles. The number of carbonyl (C=O) groups is 1. The highest BCUT2D eigenvalue weighted by Crippen LogP contribution is 2.15. The number of hydrogen-bond donors (Lipinski definition) is 3. The molecule has 1 atom stereocenters. The maximum absolute atomic E-state index is 11.3. The Hall–Kier alpha value is -1.59. The normalized spacial score (nSPS) is 13.8. The number of ether oxygens (including phenoxy) is 1. The van der Waals surface area contributed by atoms with E-state index in [1.807, 2.05) is 24.3 Å². The SMILES string of the molecule is CNC(C)(CCCOc1ccc(CCO)cc1)C(N)=O. The van der Waals surface area contributed by atoms with Crippen LogP contribution in [0, 0.1) is 0 Å². The maximum Gasteiger partial charge on any atom is 0.237 e. The number of carbonyl (C=O) groups excluding carboxylic acids is 1. The average Bonchev–Trinajstić information content (AvgIpc) is 2.45. The minimum atomic E-state index is -0.686. The zero-order valence-corrected chi connectivity index (χ0v) is 12.2. The van der Waals surface area contributed by atoms with Gasteiger partial charge in [-0.3, -0.25) is 4.79 Å². The second-order valence-electron chi connectivity index (χ2n) is 5.02. The van der Waals surface area contributed by atoms with Gasteiger partial charge in [-0.2, -0.15) is 0 Å². The van der Waals surface area contributed by atoms with Crippen LogP contribution in [0.4, 0.5) is 0 Å². The molecule has 1 amide bonds. The van der Waals surface area contributed by atoms with Crippen molar-refractivity contribution in [3.63, 3.8) is 0 Å². The second kappa shape index (κ2) is 7.87. The van der Waals surface area contributed by atoms with Gasteiger partial charge in [0.1, 0.15) is 5.75 Å². The Morgan fingerprint density at radius 1 is 1.40 bits per heavy atom. The van der Waals surface area contributed by atoms with E-state index in [0.717, 1.165) is 17.7 Å². The summed E-state index contributed by atoms with van der Waals surface area (Å²) in [4.78, 5) is 11.3. The molecule has 5 nitrogen and oxygen atoms in total. The number of nitrogens with one attached hydrogen (secondary N) is 1. The molecule has 112 valence electrons. The Morgan fingerprint density at radius 2 is 2.05 bits per heavy atom. The van der Waals surface area contributed by atoms with Crippen molar-refractivity contribution >= 4 is 5.91 Å². The van der Waals surface area contributed by atoms with E-state index in [4.69, 9.17) is 15.6 Å². The maximum atomic E-state index is 11.3. The fraction of sp³-hybridized carbons (Fsp3) is 0.533. The number of nitrogens with two attached hydrogens (primary N) is 1. The van der Waals surface area contributed by atoms with Crippen LogP contribution in [0.2, 0.25) is 0 Å². The summed E-state index contributed by atoms with van der Waals surface area (Å²) in [6, 6.07) is 7.64. The predicted molar refractivity (Wildman–Crippen MR) is 78.6 cm³/mol. The van der Waals surface area contributed by atoms with Crippen LogP contribution in [0.5, 0.6) is 5.75 Å². The number of primary amides is 1. The van der Waals surface area contributed by atoms with Gasteiger partial charge < -0.3 is 20.9 Å². The molecule has 0 aliphatic carbocycles. The summed E-state index contributed by atoms with van der Waals surface area (Å²) in [6.07, 6.45) is 2.01. The Morgan fingerprint density at radius 3 is 2.55 bits per heavy atom. The molecule has 0 saturated carbocycles. The summed E-state index contributed by atoms with van der Waals surface area (Å²) in [7, 11) is 1.73. The Labute approximate surface area is 120 Å². The van der Waals surface area contributed by atoms with Crippen LogP contribution in [0.25, 0.3) is 0 Å². The molecule has 0 aliphatic rings. The van der Waals surface area contributed by atoms with Crippen molar-refractivity contribution in [3.8, 4) is 5.75 Å². The van der Waals surface area contributed by atoms with Gasteiger partial charge in [0.25, 0.3) is 0 Å². The molecule has 0 radical (unpaired) electrons. The molecule has 0 spiro atoms. The van der Waals surface area contributed by atoms with Crippen LogP contribution in [-0.4, -0.2) is 36.8 Å². The van der Waals surface area contributed by atoms with E-state index < -0.39 is 5.54 Å². The van der Waals surface area contributed by atoms with Crippen molar-refractivity contribution < 1.29 is 14.6 Å². The molecular formula is C15H24N2O3. The van der Waals surface area contributed by atoms with Crippen molar-refractivity contribution in [3.05, 3.63) is 29.8 Å². The van der Waals surface area contributed by atoms with E-state index in [-0.39, 0.29) is 12.5 Å². The minimum absolute atomic E-state index is 0.149. The van der Waals surface area contributed by atoms with E-state index in [0.29, 0.717) is 19.4 Å². The van der Waals surface area contributed by atoms with E-state index in [9.17, 15) is 4.79 Å². The fourth-order valence-electron chi connectivity index (χ4n) is 1.87. The zero-order chi connectivity index (χ0) is 15.0. The first kappa shape index (κ1) is 16.5. The molecule has 1 aromatic carbocycles. The number of benzene rings is 1. The number of likely N-dealkylation sites (N-methyl/N-ethyl adjacent to an activating group) is 1. The standard InChI is InChI=1S/C15H24N2O3/c1-15(17-2,14(16)19)9-3-11-20-13-6-4-12(5-7-13)8-10-18/h4-7,17-18H,3,8-11H2,1-2H3,(H2,16,19). The lowest BCUT2D eigenvalue weighted by molar-refractivity contribution is -0.123. The van der Waals surface area contributed by atoms with Crippen LogP contribution in [0.15, 0.2) is 24.3 Å². The molecule has 0 bridgehead atoms. The number of hydrogen-bond acceptors (Lipinski definition) is 4. The third kappa shape index (κ3) is 4.83. The lowest BCUT2D eigenvalue weighted by Gasteiger charge is -2.25. The molecule has 5 heteroatoms. The molecule has 0 saturated heterocycles. The Balaban J connectivity index is 2.35. The fourth-order valence-corrected chi connectivity index (χ4v) is 1.87. The molecule has 1 rings (SSSR count). The zero-order valence-electron chi connectivity index (χ0n) is 12.2. The number of aliphatic hydroxyl groups is 1. The lowest BCUT2D eigenvalue weighted by Crippen LogP contribution is -2.51. The highest BCUT2D eigenvalue weighted by molar-refractivity contribution is 5.84. The van der Waals surface area contributed by atoms with Crippen molar-refractivity contribution in [2.45, 2.75) is 31.7 Å². The van der Waals surface area contributed by atoms with E-state index in [1.54, 1.807) is 14.0 Å². The third-order valence-corrected chi connectivity index (χ3v) is 3.51. The van der Waals surface area contributed by atoms with E-state index in [2.05, 4.69) is 5.32 Å². The average molecular weight is 280 g/mol. The smallest absolute Gasteiger partial charge is 0.237 e. The van der Waals surface area contributed by atoms with Gasteiger partial charge in [-0.05, 0) is 50.9 Å². The van der Waals surface area contributed by atoms with Crippen molar-refractivity contribution in [2.24, 2.45) is 5.73 Å². The lowest BCUT2D eigenvalue weighted by atomic mass is 9.95. The molecule has 20 heavy (non-hydrogen) atoms. The largest absolute Gasteiger partial charge is 0.494 e. The Bertz CT molecular complexity index is 420. The summed E-state index contributed by atoms with van der Waals surface area (Å²) in [5.74, 6) is 0.435. The quantitative estimate of drug-likeness (QED) is 0.585. The van der Waals surface area contributed by atoms with Gasteiger partial charge in [-0.15, -0.1) is 0 Å². The molecule has 1 unspecified atom stereocenters. The van der Waals surface area contributed by atoms with Crippen LogP contribution in [0.1, 0.15) is 25.3 Å². The molecule has 0 aliphatic heterocycles. The first-order chi connectivity index (χ1) is 9.51. The molecule has 0 fully saturated rings. The first-order valence-electron chi connectivity index (χ1n) is 6.83. The van der Waals surface area contributed by atoms with Gasteiger partial charge in [0.05, 0.1) is 12.1 Å². The number of rotatable bonds is 9. The number of aliphatic hydroxyl groups excluding tert-OH is 1. The van der Waals surface area contributed by atoms with E-state index >= 15 is 0 Å². The van der Waals surface area contributed by atoms with Crippen molar-refractivity contribution in [2.75, 3.05) is 20.3 Å². The topological polar surface area (TPSA) is 84.6 Å². The van der Waals surface area contributed by atoms with Crippen LogP contribution in [-0.2, 0) is 11.2 Å². The van der Waals surface area contributed by atoms with Gasteiger partial charge in [-0.1, -0.05) is 12.1 Å². The van der Waals surface area contributed by atoms with Crippen molar-refractivity contribution in [1.29, 1.82) is 0 Å². The molecule has 4 N–H and O–H groups in total. The van der Waals surface area contributed by atoms with Crippen molar-refractivity contribution in [1.82, 2.24) is 5.32 Å².